The van der Waals surface area contributed by atoms with Crippen LogP contribution in [-0.2, 0) is 6.18 Å². The molecule has 112 valence electrons. The topological polar surface area (TPSA) is 43.8 Å². The van der Waals surface area contributed by atoms with Crippen molar-refractivity contribution in [1.82, 2.24) is 9.78 Å². The molecule has 0 amide bonds. The minimum absolute atomic E-state index is 0.214. The standard InChI is InChI=1S/C13H11ClF3N3S/c1-6-11(14)7(2)20(19-6)8-3-4-9(12(18)21)10(5-8)13(15,16)17/h3-5H,1-2H3,(H2,18,21). The van der Waals surface area contributed by atoms with Gasteiger partial charge in [-0.15, -0.1) is 0 Å². The highest BCUT2D eigenvalue weighted by atomic mass is 35.5. The van der Waals surface area contributed by atoms with Crippen molar-refractivity contribution in [3.05, 3.63) is 45.7 Å². The van der Waals surface area contributed by atoms with Crippen molar-refractivity contribution in [3.8, 4) is 5.69 Å². The molecule has 3 nitrogen and oxygen atoms in total. The van der Waals surface area contributed by atoms with Gasteiger partial charge in [0.25, 0.3) is 0 Å². The maximum atomic E-state index is 13.1. The fourth-order valence-corrected chi connectivity index (χ4v) is 2.28. The molecule has 2 rings (SSSR count). The molecule has 1 aromatic carbocycles. The first kappa shape index (κ1) is 15.8. The van der Waals surface area contributed by atoms with Crippen LogP contribution in [0.5, 0.6) is 0 Å². The van der Waals surface area contributed by atoms with Gasteiger partial charge in [0.15, 0.2) is 0 Å². The number of benzene rings is 1. The normalized spacial score (nSPS) is 11.7. The van der Waals surface area contributed by atoms with Crippen molar-refractivity contribution in [3.63, 3.8) is 0 Å². The van der Waals surface area contributed by atoms with Gasteiger partial charge >= 0.3 is 6.18 Å². The Bertz CT molecular complexity index is 722. The van der Waals surface area contributed by atoms with Gasteiger partial charge in [-0.2, -0.15) is 18.3 Å². The van der Waals surface area contributed by atoms with Crippen LogP contribution in [0.4, 0.5) is 13.2 Å². The lowest BCUT2D eigenvalue weighted by Crippen LogP contribution is -2.18. The zero-order valence-electron chi connectivity index (χ0n) is 11.1. The van der Waals surface area contributed by atoms with Gasteiger partial charge in [-0.3, -0.25) is 0 Å². The number of alkyl halides is 3. The zero-order chi connectivity index (χ0) is 15.9. The summed E-state index contributed by atoms with van der Waals surface area (Å²) in [6.45, 7) is 3.36. The van der Waals surface area contributed by atoms with Crippen LogP contribution in [0.25, 0.3) is 5.69 Å². The van der Waals surface area contributed by atoms with Gasteiger partial charge in [0, 0.05) is 5.56 Å². The van der Waals surface area contributed by atoms with Crippen molar-refractivity contribution < 1.29 is 13.2 Å². The summed E-state index contributed by atoms with van der Waals surface area (Å²) >= 11 is 10.7. The second kappa shape index (κ2) is 5.31. The first-order valence-electron chi connectivity index (χ1n) is 5.86. The van der Waals surface area contributed by atoms with Crippen molar-refractivity contribution in [1.29, 1.82) is 0 Å². The second-order valence-electron chi connectivity index (χ2n) is 4.49. The molecule has 0 aliphatic carbocycles. The lowest BCUT2D eigenvalue weighted by molar-refractivity contribution is -0.137. The molecule has 2 aromatic rings. The van der Waals surface area contributed by atoms with E-state index in [1.807, 2.05) is 0 Å². The Kier molecular flexibility index (Phi) is 3.99. The molecule has 0 bridgehead atoms. The summed E-state index contributed by atoms with van der Waals surface area (Å²) < 4.78 is 40.7. The molecule has 1 aromatic heterocycles. The Balaban J connectivity index is 2.67. The van der Waals surface area contributed by atoms with Crippen LogP contribution in [0.3, 0.4) is 0 Å². The Morgan fingerprint density at radius 2 is 1.95 bits per heavy atom. The fourth-order valence-electron chi connectivity index (χ4n) is 1.99. The maximum Gasteiger partial charge on any atom is 0.417 e. The average Bonchev–Trinajstić information content (AvgIpc) is 2.65. The minimum Gasteiger partial charge on any atom is -0.389 e. The van der Waals surface area contributed by atoms with Crippen molar-refractivity contribution in [2.24, 2.45) is 5.73 Å². The molecule has 0 fully saturated rings. The Hall–Kier alpha value is -1.60. The SMILES string of the molecule is Cc1nn(-c2ccc(C(N)=S)c(C(F)(F)F)c2)c(C)c1Cl. The number of hydrogen-bond donors (Lipinski definition) is 1. The third kappa shape index (κ3) is 2.89. The number of rotatable bonds is 2. The molecule has 0 radical (unpaired) electrons. The molecule has 21 heavy (non-hydrogen) atoms. The quantitative estimate of drug-likeness (QED) is 0.850. The first-order chi connectivity index (χ1) is 9.62. The number of aromatic nitrogens is 2. The number of halogens is 4. The zero-order valence-corrected chi connectivity index (χ0v) is 12.7. The van der Waals surface area contributed by atoms with E-state index in [1.54, 1.807) is 13.8 Å². The number of aryl methyl sites for hydroxylation is 1. The molecule has 0 saturated carbocycles. The number of hydrogen-bond acceptors (Lipinski definition) is 2. The monoisotopic (exact) mass is 333 g/mol. The predicted molar refractivity (Wildman–Crippen MR) is 78.9 cm³/mol. The van der Waals surface area contributed by atoms with E-state index in [2.05, 4.69) is 17.3 Å². The van der Waals surface area contributed by atoms with Crippen LogP contribution in [0, 0.1) is 13.8 Å². The summed E-state index contributed by atoms with van der Waals surface area (Å²) in [5.41, 5.74) is 5.59. The lowest BCUT2D eigenvalue weighted by atomic mass is 10.1. The second-order valence-corrected chi connectivity index (χ2v) is 5.31. The van der Waals surface area contributed by atoms with Crippen LogP contribution in [0.15, 0.2) is 18.2 Å². The molecular formula is C13H11ClF3N3S. The molecule has 0 saturated heterocycles. The summed E-state index contributed by atoms with van der Waals surface area (Å²) in [6, 6.07) is 3.68. The van der Waals surface area contributed by atoms with Gasteiger partial charge in [0.2, 0.25) is 0 Å². The van der Waals surface area contributed by atoms with E-state index in [9.17, 15) is 13.2 Å². The van der Waals surface area contributed by atoms with Crippen LogP contribution in [-0.4, -0.2) is 14.8 Å². The Morgan fingerprint density at radius 1 is 1.33 bits per heavy atom. The van der Waals surface area contributed by atoms with Crippen molar-refractivity contribution in [2.45, 2.75) is 20.0 Å². The maximum absolute atomic E-state index is 13.1. The summed E-state index contributed by atoms with van der Waals surface area (Å²) in [5.74, 6) is 0. The smallest absolute Gasteiger partial charge is 0.389 e. The van der Waals surface area contributed by atoms with E-state index in [0.29, 0.717) is 16.4 Å². The minimum atomic E-state index is -4.56. The van der Waals surface area contributed by atoms with Crippen molar-refractivity contribution in [2.75, 3.05) is 0 Å². The van der Waals surface area contributed by atoms with Gasteiger partial charge in [-0.05, 0) is 32.0 Å². The van der Waals surface area contributed by atoms with Crippen LogP contribution in [0.2, 0.25) is 5.02 Å². The lowest BCUT2D eigenvalue weighted by Gasteiger charge is -2.14. The summed E-state index contributed by atoms with van der Waals surface area (Å²) in [6.07, 6.45) is -4.56. The molecule has 0 atom stereocenters. The van der Waals surface area contributed by atoms with Crippen LogP contribution in [0.1, 0.15) is 22.5 Å². The van der Waals surface area contributed by atoms with Gasteiger partial charge in [0.1, 0.15) is 4.99 Å². The van der Waals surface area contributed by atoms with E-state index in [0.717, 1.165) is 6.07 Å². The van der Waals surface area contributed by atoms with Crippen LogP contribution < -0.4 is 5.73 Å². The Morgan fingerprint density at radius 3 is 2.38 bits per heavy atom. The van der Waals surface area contributed by atoms with Crippen LogP contribution >= 0.6 is 23.8 Å². The Labute approximate surface area is 129 Å². The third-order valence-electron chi connectivity index (χ3n) is 3.02. The first-order valence-corrected chi connectivity index (χ1v) is 6.64. The molecular weight excluding hydrogens is 323 g/mol. The summed E-state index contributed by atoms with van der Waals surface area (Å²) in [7, 11) is 0. The largest absolute Gasteiger partial charge is 0.417 e. The van der Waals surface area contributed by atoms with Gasteiger partial charge in [-0.25, -0.2) is 4.68 Å². The van der Waals surface area contributed by atoms with Gasteiger partial charge in [0.05, 0.1) is 27.7 Å². The summed E-state index contributed by atoms with van der Waals surface area (Å²) in [5, 5.41) is 4.55. The molecule has 0 unspecified atom stereocenters. The van der Waals surface area contributed by atoms with E-state index in [4.69, 9.17) is 17.3 Å². The van der Waals surface area contributed by atoms with E-state index in [-0.39, 0.29) is 16.2 Å². The highest BCUT2D eigenvalue weighted by Gasteiger charge is 2.34. The van der Waals surface area contributed by atoms with E-state index in [1.165, 1.54) is 16.8 Å². The van der Waals surface area contributed by atoms with Crippen molar-refractivity contribution >= 4 is 28.8 Å². The number of nitrogens with two attached hydrogens (primary N) is 1. The van der Waals surface area contributed by atoms with E-state index >= 15 is 0 Å². The highest BCUT2D eigenvalue weighted by molar-refractivity contribution is 7.80. The summed E-state index contributed by atoms with van der Waals surface area (Å²) in [4.78, 5) is -0.305. The molecule has 2 N–H and O–H groups in total. The highest BCUT2D eigenvalue weighted by Crippen LogP contribution is 2.34. The molecule has 8 heteroatoms. The molecule has 0 aliphatic heterocycles. The molecule has 1 heterocycles. The van der Waals surface area contributed by atoms with Gasteiger partial charge in [-0.1, -0.05) is 23.8 Å². The number of nitrogens with zero attached hydrogens (tertiary/aromatic N) is 2. The van der Waals surface area contributed by atoms with Gasteiger partial charge < -0.3 is 5.73 Å². The molecule has 0 spiro atoms. The predicted octanol–water partition coefficient (Wildman–Crippen LogP) is 3.80. The average molecular weight is 334 g/mol. The fraction of sp³-hybridized carbons (Fsp3) is 0.231. The third-order valence-corrected chi connectivity index (χ3v) is 3.79. The number of thiocarbonyl (C=S) groups is 1. The molecule has 0 aliphatic rings. The van der Waals surface area contributed by atoms with E-state index < -0.39 is 11.7 Å².